The Kier molecular flexibility index (Phi) is 3.36. The van der Waals surface area contributed by atoms with E-state index in [0.29, 0.717) is 6.42 Å². The van der Waals surface area contributed by atoms with Gasteiger partial charge in [0.2, 0.25) is 0 Å². The number of nitrogens with zero attached hydrogens (tertiary/aromatic N) is 1. The van der Waals surface area contributed by atoms with Crippen LogP contribution in [0.25, 0.3) is 0 Å². The lowest BCUT2D eigenvalue weighted by atomic mass is 9.89. The molecule has 0 spiro atoms. The zero-order chi connectivity index (χ0) is 12.6. The normalized spacial score (nSPS) is 12.9. The summed E-state index contributed by atoms with van der Waals surface area (Å²) in [5.41, 5.74) is 1.66. The summed E-state index contributed by atoms with van der Waals surface area (Å²) in [6.07, 6.45) is 0.711. The summed E-state index contributed by atoms with van der Waals surface area (Å²) in [5.74, 6) is -2.86. The highest BCUT2D eigenvalue weighted by Gasteiger charge is 2.27. The molecule has 0 saturated carbocycles. The Morgan fingerprint density at radius 3 is 2.12 bits per heavy atom. The van der Waals surface area contributed by atoms with E-state index in [2.05, 4.69) is 25.8 Å². The Morgan fingerprint density at radius 2 is 1.69 bits per heavy atom. The summed E-state index contributed by atoms with van der Waals surface area (Å²) in [6, 6.07) is 3.13. The van der Waals surface area contributed by atoms with Crippen molar-refractivity contribution in [3.63, 3.8) is 0 Å². The molecular formula is C13H19F2N. The van der Waals surface area contributed by atoms with Gasteiger partial charge in [-0.05, 0) is 30.4 Å². The fraction of sp³-hybridized carbons (Fsp3) is 0.615. The lowest BCUT2D eigenvalue weighted by Gasteiger charge is -2.20. The molecule has 1 aromatic heterocycles. The molecule has 0 unspecified atom stereocenters. The first-order valence-corrected chi connectivity index (χ1v) is 5.44. The highest BCUT2D eigenvalue weighted by molar-refractivity contribution is 5.24. The Hall–Kier alpha value is -0.990. The van der Waals surface area contributed by atoms with Crippen molar-refractivity contribution in [2.75, 3.05) is 0 Å². The van der Waals surface area contributed by atoms with Crippen molar-refractivity contribution >= 4 is 0 Å². The van der Waals surface area contributed by atoms with Crippen molar-refractivity contribution in [3.8, 4) is 0 Å². The van der Waals surface area contributed by atoms with Crippen LogP contribution >= 0.6 is 0 Å². The lowest BCUT2D eigenvalue weighted by molar-refractivity contribution is 0.0124. The van der Waals surface area contributed by atoms with Gasteiger partial charge in [-0.1, -0.05) is 26.8 Å². The maximum absolute atomic E-state index is 13.1. The number of pyridine rings is 1. The van der Waals surface area contributed by atoms with Gasteiger partial charge in [0.25, 0.3) is 5.92 Å². The number of aromatic nitrogens is 1. The predicted octanol–water partition coefficient (Wildman–Crippen LogP) is 4.09. The van der Waals surface area contributed by atoms with Crippen molar-refractivity contribution < 1.29 is 8.78 Å². The smallest absolute Gasteiger partial charge is 0.251 e. The van der Waals surface area contributed by atoms with Gasteiger partial charge < -0.3 is 0 Å². The molecule has 0 aliphatic rings. The van der Waals surface area contributed by atoms with E-state index in [1.54, 1.807) is 6.07 Å². The molecule has 0 fully saturated rings. The highest BCUT2D eigenvalue weighted by Crippen LogP contribution is 2.28. The molecule has 1 rings (SSSR count). The maximum atomic E-state index is 13.1. The van der Waals surface area contributed by atoms with Gasteiger partial charge in [0.15, 0.2) is 0 Å². The van der Waals surface area contributed by atoms with E-state index in [4.69, 9.17) is 0 Å². The minimum atomic E-state index is -2.86. The predicted molar refractivity (Wildman–Crippen MR) is 61.7 cm³/mol. The molecule has 1 nitrogen and oxygen atoms in total. The van der Waals surface area contributed by atoms with Crippen LogP contribution < -0.4 is 0 Å². The van der Waals surface area contributed by atoms with Crippen molar-refractivity contribution in [1.82, 2.24) is 4.98 Å². The monoisotopic (exact) mass is 227 g/mol. The van der Waals surface area contributed by atoms with E-state index < -0.39 is 5.92 Å². The third kappa shape index (κ3) is 3.54. The van der Waals surface area contributed by atoms with Gasteiger partial charge in [-0.15, -0.1) is 0 Å². The average Bonchev–Trinajstić information content (AvgIpc) is 2.04. The molecule has 0 N–H and O–H groups in total. The molecule has 90 valence electrons. The zero-order valence-electron chi connectivity index (χ0n) is 10.6. The summed E-state index contributed by atoms with van der Waals surface area (Å²) in [6.45, 7) is 9.01. The fourth-order valence-electron chi connectivity index (χ4n) is 1.50. The number of halogens is 2. The maximum Gasteiger partial charge on any atom is 0.286 e. The van der Waals surface area contributed by atoms with Crippen LogP contribution in [-0.4, -0.2) is 4.98 Å². The number of aryl methyl sites for hydroxylation is 1. The second-order valence-electron chi connectivity index (χ2n) is 5.59. The van der Waals surface area contributed by atoms with Gasteiger partial charge in [-0.3, -0.25) is 4.98 Å². The molecule has 0 aliphatic heterocycles. The van der Waals surface area contributed by atoms with E-state index in [1.165, 1.54) is 6.07 Å². The molecule has 16 heavy (non-hydrogen) atoms. The zero-order valence-corrected chi connectivity index (χ0v) is 10.6. The van der Waals surface area contributed by atoms with Crippen LogP contribution in [0, 0.1) is 12.3 Å². The molecule has 0 saturated heterocycles. The quantitative estimate of drug-likeness (QED) is 0.741. The van der Waals surface area contributed by atoms with Gasteiger partial charge in [-0.2, -0.15) is 8.78 Å². The topological polar surface area (TPSA) is 12.9 Å². The molecular weight excluding hydrogens is 208 g/mol. The Labute approximate surface area is 95.9 Å². The first-order valence-electron chi connectivity index (χ1n) is 5.44. The van der Waals surface area contributed by atoms with E-state index in [9.17, 15) is 8.78 Å². The molecule has 1 aromatic rings. The summed E-state index contributed by atoms with van der Waals surface area (Å²) >= 11 is 0. The van der Waals surface area contributed by atoms with Crippen LogP contribution in [0.15, 0.2) is 12.1 Å². The van der Waals surface area contributed by atoms with Crippen LogP contribution in [0.4, 0.5) is 8.78 Å². The SMILES string of the molecule is Cc1ccc(C(C)(F)F)nc1CC(C)(C)C. The van der Waals surface area contributed by atoms with E-state index >= 15 is 0 Å². The molecule has 0 aromatic carbocycles. The minimum absolute atomic E-state index is 0.0550. The second-order valence-corrected chi connectivity index (χ2v) is 5.59. The molecule has 0 radical (unpaired) electrons. The molecule has 1 heterocycles. The summed E-state index contributed by atoms with van der Waals surface area (Å²) in [5, 5.41) is 0. The van der Waals surface area contributed by atoms with Gasteiger partial charge in [0.1, 0.15) is 5.69 Å². The second kappa shape index (κ2) is 4.11. The van der Waals surface area contributed by atoms with E-state index in [-0.39, 0.29) is 11.1 Å². The van der Waals surface area contributed by atoms with Crippen LogP contribution in [0.3, 0.4) is 0 Å². The summed E-state index contributed by atoms with van der Waals surface area (Å²) < 4.78 is 26.3. The van der Waals surface area contributed by atoms with Gasteiger partial charge in [0.05, 0.1) is 0 Å². The summed E-state index contributed by atoms with van der Waals surface area (Å²) in [7, 11) is 0. The van der Waals surface area contributed by atoms with Crippen molar-refractivity contribution in [2.45, 2.75) is 47.0 Å². The third-order valence-electron chi connectivity index (χ3n) is 2.35. The highest BCUT2D eigenvalue weighted by atomic mass is 19.3. The van der Waals surface area contributed by atoms with Gasteiger partial charge in [-0.25, -0.2) is 0 Å². The van der Waals surface area contributed by atoms with Crippen LogP contribution in [0.1, 0.15) is 44.6 Å². The largest absolute Gasteiger partial charge is 0.286 e. The van der Waals surface area contributed by atoms with Crippen molar-refractivity contribution in [1.29, 1.82) is 0 Å². The van der Waals surface area contributed by atoms with Crippen molar-refractivity contribution in [3.05, 3.63) is 29.1 Å². The standard InChI is InChI=1S/C13H19F2N/c1-9-6-7-11(13(5,14)15)16-10(9)8-12(2,3)4/h6-7H,8H2,1-5H3. The first kappa shape index (κ1) is 13.1. The van der Waals surface area contributed by atoms with Gasteiger partial charge in [0, 0.05) is 12.6 Å². The van der Waals surface area contributed by atoms with Crippen LogP contribution in [0.5, 0.6) is 0 Å². The molecule has 0 atom stereocenters. The summed E-state index contributed by atoms with van der Waals surface area (Å²) in [4.78, 5) is 4.08. The molecule has 0 aliphatic carbocycles. The van der Waals surface area contributed by atoms with Crippen molar-refractivity contribution in [2.24, 2.45) is 5.41 Å². The fourth-order valence-corrected chi connectivity index (χ4v) is 1.50. The van der Waals surface area contributed by atoms with E-state index in [1.807, 2.05) is 6.92 Å². The number of alkyl halides is 2. The average molecular weight is 227 g/mol. The lowest BCUT2D eigenvalue weighted by Crippen LogP contribution is -2.16. The van der Waals surface area contributed by atoms with E-state index in [0.717, 1.165) is 18.2 Å². The van der Waals surface area contributed by atoms with Crippen LogP contribution in [0.2, 0.25) is 0 Å². The Bertz CT molecular complexity index is 372. The number of hydrogen-bond donors (Lipinski definition) is 0. The number of hydrogen-bond acceptors (Lipinski definition) is 1. The minimum Gasteiger partial charge on any atom is -0.251 e. The molecule has 0 amide bonds. The third-order valence-corrected chi connectivity index (χ3v) is 2.35. The van der Waals surface area contributed by atoms with Crippen LogP contribution in [-0.2, 0) is 12.3 Å². The molecule has 0 bridgehead atoms. The van der Waals surface area contributed by atoms with Gasteiger partial charge >= 0.3 is 0 Å². The Morgan fingerprint density at radius 1 is 1.12 bits per heavy atom. The first-order chi connectivity index (χ1) is 7.09. The number of rotatable bonds is 2. The Balaban J connectivity index is 3.10. The molecule has 3 heteroatoms.